The van der Waals surface area contributed by atoms with E-state index in [1.807, 2.05) is 6.07 Å². The van der Waals surface area contributed by atoms with Gasteiger partial charge in [-0.2, -0.15) is 0 Å². The maximum absolute atomic E-state index is 14.6. The maximum Gasteiger partial charge on any atom is 0.277 e. The average molecular weight is 525 g/mol. The van der Waals surface area contributed by atoms with Crippen molar-refractivity contribution in [1.82, 2.24) is 5.48 Å². The van der Waals surface area contributed by atoms with Gasteiger partial charge in [-0.1, -0.05) is 11.6 Å². The molecule has 0 fully saturated rings. The third kappa shape index (κ3) is 5.53. The summed E-state index contributed by atoms with van der Waals surface area (Å²) in [6, 6.07) is 6.38. The molecule has 28 heavy (non-hydrogen) atoms. The van der Waals surface area contributed by atoms with Gasteiger partial charge in [0, 0.05) is 22.3 Å². The first-order chi connectivity index (χ1) is 13.1. The van der Waals surface area contributed by atoms with Gasteiger partial charge in [-0.15, -0.1) is 0 Å². The summed E-state index contributed by atoms with van der Waals surface area (Å²) in [6.07, 6.45) is 0.263. The monoisotopic (exact) mass is 524 g/mol. The van der Waals surface area contributed by atoms with E-state index >= 15 is 0 Å². The average Bonchev–Trinajstić information content (AvgIpc) is 2.61. The molecule has 0 atom stereocenters. The minimum Gasteiger partial charge on any atom is -0.396 e. The number of hydroxylamine groups is 1. The van der Waals surface area contributed by atoms with Crippen LogP contribution in [-0.2, 0) is 4.84 Å². The van der Waals surface area contributed by atoms with E-state index in [9.17, 15) is 13.6 Å². The minimum atomic E-state index is -1.27. The van der Waals surface area contributed by atoms with Crippen LogP contribution in [0, 0.1) is 22.1 Å². The Labute approximate surface area is 180 Å². The van der Waals surface area contributed by atoms with E-state index in [4.69, 9.17) is 21.5 Å². The SMILES string of the molecule is Cc1cc(I)ccc1Nc1c(C(=O)NOC(C)(C)CCO)cc(Cl)c(F)c1F. The summed E-state index contributed by atoms with van der Waals surface area (Å²) in [5, 5.41) is 11.3. The zero-order valence-corrected chi connectivity index (χ0v) is 18.4. The molecule has 2 rings (SSSR count). The van der Waals surface area contributed by atoms with Crippen LogP contribution in [0.1, 0.15) is 36.2 Å². The molecule has 0 aliphatic rings. The van der Waals surface area contributed by atoms with Crippen molar-refractivity contribution in [2.45, 2.75) is 32.8 Å². The van der Waals surface area contributed by atoms with E-state index in [1.165, 1.54) is 0 Å². The molecular weight excluding hydrogens is 505 g/mol. The lowest BCUT2D eigenvalue weighted by Crippen LogP contribution is -2.36. The van der Waals surface area contributed by atoms with Gasteiger partial charge in [0.05, 0.1) is 21.9 Å². The molecule has 0 aliphatic heterocycles. The molecule has 3 N–H and O–H groups in total. The second-order valence-electron chi connectivity index (χ2n) is 6.76. The molecule has 0 aromatic heterocycles. The first-order valence-corrected chi connectivity index (χ1v) is 9.81. The van der Waals surface area contributed by atoms with Crippen LogP contribution in [0.2, 0.25) is 5.02 Å². The topological polar surface area (TPSA) is 70.6 Å². The summed E-state index contributed by atoms with van der Waals surface area (Å²) in [6.45, 7) is 4.99. The molecule has 152 valence electrons. The Kier molecular flexibility index (Phi) is 7.60. The molecule has 0 saturated heterocycles. The Morgan fingerprint density at radius 1 is 1.29 bits per heavy atom. The van der Waals surface area contributed by atoms with Crippen LogP contribution < -0.4 is 10.8 Å². The van der Waals surface area contributed by atoms with Crippen molar-refractivity contribution in [2.24, 2.45) is 0 Å². The summed E-state index contributed by atoms with van der Waals surface area (Å²) < 4.78 is 29.6. The van der Waals surface area contributed by atoms with Crippen molar-refractivity contribution >= 4 is 51.5 Å². The molecule has 0 saturated carbocycles. The van der Waals surface area contributed by atoms with Crippen molar-refractivity contribution in [3.63, 3.8) is 0 Å². The van der Waals surface area contributed by atoms with Crippen LogP contribution in [0.3, 0.4) is 0 Å². The van der Waals surface area contributed by atoms with Crippen molar-refractivity contribution in [3.05, 3.63) is 55.6 Å². The predicted molar refractivity (Wildman–Crippen MR) is 113 cm³/mol. The van der Waals surface area contributed by atoms with Crippen LogP contribution >= 0.6 is 34.2 Å². The molecular formula is C19H20ClF2IN2O3. The first kappa shape index (κ1) is 22.8. The highest BCUT2D eigenvalue weighted by Gasteiger charge is 2.25. The van der Waals surface area contributed by atoms with Crippen LogP contribution in [0.5, 0.6) is 0 Å². The van der Waals surface area contributed by atoms with Gasteiger partial charge in [-0.25, -0.2) is 14.3 Å². The van der Waals surface area contributed by atoms with E-state index in [1.54, 1.807) is 32.9 Å². The standard InChI is InChI=1S/C19H20ClF2IN2O3/c1-10-8-11(23)4-5-14(10)24-17-12(9-13(20)15(21)16(17)22)18(27)25-28-19(2,3)6-7-26/h4-5,8-9,24,26H,6-7H2,1-3H3,(H,25,27). The second kappa shape index (κ2) is 9.34. The van der Waals surface area contributed by atoms with Crippen LogP contribution in [0.15, 0.2) is 24.3 Å². The molecule has 2 aromatic rings. The lowest BCUT2D eigenvalue weighted by molar-refractivity contribution is -0.0805. The second-order valence-corrected chi connectivity index (χ2v) is 8.41. The van der Waals surface area contributed by atoms with E-state index in [2.05, 4.69) is 33.4 Å². The number of amides is 1. The van der Waals surface area contributed by atoms with Gasteiger partial charge in [0.15, 0.2) is 11.6 Å². The van der Waals surface area contributed by atoms with Crippen molar-refractivity contribution in [3.8, 4) is 0 Å². The molecule has 9 heteroatoms. The zero-order valence-electron chi connectivity index (χ0n) is 15.5. The largest absolute Gasteiger partial charge is 0.396 e. The van der Waals surface area contributed by atoms with E-state index in [-0.39, 0.29) is 24.3 Å². The van der Waals surface area contributed by atoms with Gasteiger partial charge < -0.3 is 10.4 Å². The lowest BCUT2D eigenvalue weighted by Gasteiger charge is -2.24. The number of halogens is 4. The number of rotatable bonds is 7. The molecule has 1 amide bonds. The van der Waals surface area contributed by atoms with Gasteiger partial charge in [0.2, 0.25) is 0 Å². The van der Waals surface area contributed by atoms with Gasteiger partial charge in [0.25, 0.3) is 5.91 Å². The van der Waals surface area contributed by atoms with Gasteiger partial charge in [-0.3, -0.25) is 9.63 Å². The highest BCUT2D eigenvalue weighted by atomic mass is 127. The fraction of sp³-hybridized carbons (Fsp3) is 0.316. The lowest BCUT2D eigenvalue weighted by atomic mass is 10.1. The number of hydrogen-bond acceptors (Lipinski definition) is 4. The zero-order chi connectivity index (χ0) is 21.1. The Balaban J connectivity index is 2.39. The molecule has 0 radical (unpaired) electrons. The molecule has 5 nitrogen and oxygen atoms in total. The molecule has 0 spiro atoms. The van der Waals surface area contributed by atoms with E-state index < -0.39 is 28.2 Å². The Morgan fingerprint density at radius 3 is 2.57 bits per heavy atom. The summed E-state index contributed by atoms with van der Waals surface area (Å²) in [5.41, 5.74) is 2.08. The molecule has 0 bridgehead atoms. The van der Waals surface area contributed by atoms with Gasteiger partial charge >= 0.3 is 0 Å². The summed E-state index contributed by atoms with van der Waals surface area (Å²) in [4.78, 5) is 17.9. The summed E-state index contributed by atoms with van der Waals surface area (Å²) in [7, 11) is 0. The van der Waals surface area contributed by atoms with E-state index in [0.29, 0.717) is 5.69 Å². The fourth-order valence-corrected chi connectivity index (χ4v) is 3.20. The highest BCUT2D eigenvalue weighted by Crippen LogP contribution is 2.32. The number of carbonyl (C=O) groups excluding carboxylic acids is 1. The number of aliphatic hydroxyl groups is 1. The normalized spacial score (nSPS) is 11.4. The smallest absolute Gasteiger partial charge is 0.277 e. The molecule has 0 heterocycles. The van der Waals surface area contributed by atoms with Crippen molar-refractivity contribution < 1.29 is 23.5 Å². The summed E-state index contributed by atoms with van der Waals surface area (Å²) in [5.74, 6) is -3.34. The van der Waals surface area contributed by atoms with Gasteiger partial charge in [-0.05, 0) is 73.2 Å². The number of benzene rings is 2. The highest BCUT2D eigenvalue weighted by molar-refractivity contribution is 14.1. The Bertz CT molecular complexity index is 894. The number of hydrogen-bond donors (Lipinski definition) is 3. The predicted octanol–water partition coefficient (Wildman–Crippen LogP) is 5.10. The van der Waals surface area contributed by atoms with Gasteiger partial charge in [0.1, 0.15) is 0 Å². The number of aryl methyl sites for hydroxylation is 1. The maximum atomic E-state index is 14.6. The van der Waals surface area contributed by atoms with E-state index in [0.717, 1.165) is 15.2 Å². The quantitative estimate of drug-likeness (QED) is 0.268. The van der Waals surface area contributed by atoms with Crippen LogP contribution in [0.4, 0.5) is 20.2 Å². The summed E-state index contributed by atoms with van der Waals surface area (Å²) >= 11 is 7.87. The molecule has 2 aromatic carbocycles. The van der Waals surface area contributed by atoms with Crippen LogP contribution in [0.25, 0.3) is 0 Å². The Morgan fingerprint density at radius 2 is 1.96 bits per heavy atom. The first-order valence-electron chi connectivity index (χ1n) is 8.35. The minimum absolute atomic E-state index is 0.140. The van der Waals surface area contributed by atoms with Crippen LogP contribution in [-0.4, -0.2) is 23.2 Å². The Hall–Kier alpha value is -1.49. The van der Waals surface area contributed by atoms with Crippen molar-refractivity contribution in [2.75, 3.05) is 11.9 Å². The number of anilines is 2. The third-order valence-corrected chi connectivity index (χ3v) is 4.93. The third-order valence-electron chi connectivity index (χ3n) is 3.99. The van der Waals surface area contributed by atoms with Crippen molar-refractivity contribution in [1.29, 1.82) is 0 Å². The number of aliphatic hydroxyl groups excluding tert-OH is 1. The fourth-order valence-electron chi connectivity index (χ4n) is 2.36. The number of carbonyl (C=O) groups is 1. The molecule has 0 aliphatic carbocycles. The molecule has 0 unspecified atom stereocenters. The number of nitrogens with one attached hydrogen (secondary N) is 2.